The zero-order chi connectivity index (χ0) is 11.0. The summed E-state index contributed by atoms with van der Waals surface area (Å²) in [5.74, 6) is 1.81. The molecule has 0 unspecified atom stereocenters. The lowest BCUT2D eigenvalue weighted by Gasteiger charge is -2.07. The van der Waals surface area contributed by atoms with Crippen molar-refractivity contribution in [1.29, 1.82) is 0 Å². The van der Waals surface area contributed by atoms with E-state index in [1.165, 1.54) is 12.8 Å². The van der Waals surface area contributed by atoms with Gasteiger partial charge in [0.1, 0.15) is 5.82 Å². The molecule has 2 heterocycles. The van der Waals surface area contributed by atoms with E-state index in [0.717, 1.165) is 22.1 Å². The number of rotatable bonds is 3. The molecule has 0 bridgehead atoms. The highest BCUT2D eigenvalue weighted by Gasteiger charge is 2.22. The van der Waals surface area contributed by atoms with Gasteiger partial charge >= 0.3 is 0 Å². The van der Waals surface area contributed by atoms with Crippen LogP contribution in [0.15, 0.2) is 23.7 Å². The van der Waals surface area contributed by atoms with E-state index in [1.54, 1.807) is 11.3 Å². The predicted molar refractivity (Wildman–Crippen MR) is 66.7 cm³/mol. The van der Waals surface area contributed by atoms with Crippen LogP contribution in [0.5, 0.6) is 0 Å². The Morgan fingerprint density at radius 3 is 3.00 bits per heavy atom. The molecule has 2 aromatic rings. The van der Waals surface area contributed by atoms with E-state index in [9.17, 15) is 0 Å². The fourth-order valence-electron chi connectivity index (χ4n) is 1.53. The third-order valence-electron chi connectivity index (χ3n) is 2.63. The van der Waals surface area contributed by atoms with E-state index in [0.29, 0.717) is 6.04 Å². The molecule has 1 aliphatic carbocycles. The van der Waals surface area contributed by atoms with Crippen molar-refractivity contribution in [2.75, 3.05) is 5.32 Å². The Morgan fingerprint density at radius 2 is 2.31 bits per heavy atom. The first-order valence-electron chi connectivity index (χ1n) is 5.47. The number of aryl methyl sites for hydroxylation is 1. The van der Waals surface area contributed by atoms with Crippen LogP contribution < -0.4 is 5.32 Å². The van der Waals surface area contributed by atoms with Crippen molar-refractivity contribution in [3.63, 3.8) is 0 Å². The molecular weight excluding hydrogens is 218 g/mol. The largest absolute Gasteiger partial charge is 0.367 e. The first-order chi connectivity index (χ1) is 7.83. The number of hydrogen-bond acceptors (Lipinski definition) is 4. The van der Waals surface area contributed by atoms with Gasteiger partial charge in [0.05, 0.1) is 4.88 Å². The van der Waals surface area contributed by atoms with Crippen molar-refractivity contribution in [1.82, 2.24) is 9.97 Å². The zero-order valence-corrected chi connectivity index (χ0v) is 9.92. The monoisotopic (exact) mass is 231 g/mol. The maximum Gasteiger partial charge on any atom is 0.171 e. The summed E-state index contributed by atoms with van der Waals surface area (Å²) in [7, 11) is 0. The molecule has 82 valence electrons. The number of nitrogens with zero attached hydrogens (tertiary/aromatic N) is 2. The van der Waals surface area contributed by atoms with Crippen molar-refractivity contribution in [2.24, 2.45) is 0 Å². The quantitative estimate of drug-likeness (QED) is 0.882. The average molecular weight is 231 g/mol. The van der Waals surface area contributed by atoms with Crippen molar-refractivity contribution in [3.05, 3.63) is 29.3 Å². The van der Waals surface area contributed by atoms with Gasteiger partial charge in [-0.05, 0) is 31.2 Å². The summed E-state index contributed by atoms with van der Waals surface area (Å²) < 4.78 is 0. The van der Waals surface area contributed by atoms with Gasteiger partial charge in [-0.2, -0.15) is 0 Å². The van der Waals surface area contributed by atoms with Crippen LogP contribution in [0.2, 0.25) is 0 Å². The van der Waals surface area contributed by atoms with Crippen LogP contribution in [-0.2, 0) is 0 Å². The Bertz CT molecular complexity index is 489. The van der Waals surface area contributed by atoms with Gasteiger partial charge in [-0.15, -0.1) is 11.3 Å². The van der Waals surface area contributed by atoms with Crippen LogP contribution in [0, 0.1) is 6.92 Å². The molecular formula is C12H13N3S. The lowest BCUT2D eigenvalue weighted by molar-refractivity contribution is 1.07. The normalized spacial score (nSPS) is 15.1. The summed E-state index contributed by atoms with van der Waals surface area (Å²) in [6, 6.07) is 4.71. The van der Waals surface area contributed by atoms with Crippen LogP contribution in [-0.4, -0.2) is 16.0 Å². The summed E-state index contributed by atoms with van der Waals surface area (Å²) in [5, 5.41) is 5.49. The lowest BCUT2D eigenvalue weighted by Crippen LogP contribution is -2.06. The van der Waals surface area contributed by atoms with Gasteiger partial charge in [0.25, 0.3) is 0 Å². The first kappa shape index (κ1) is 9.78. The first-order valence-corrected chi connectivity index (χ1v) is 6.35. The van der Waals surface area contributed by atoms with E-state index in [2.05, 4.69) is 21.4 Å². The summed E-state index contributed by atoms with van der Waals surface area (Å²) in [6.07, 6.45) is 4.42. The summed E-state index contributed by atoms with van der Waals surface area (Å²) >= 11 is 1.67. The van der Waals surface area contributed by atoms with Crippen molar-refractivity contribution in [3.8, 4) is 10.7 Å². The highest BCUT2D eigenvalue weighted by molar-refractivity contribution is 7.13. The standard InChI is InChI=1S/C12H13N3S/c1-8-7-13-12(10-3-2-6-16-10)15-11(8)14-9-4-5-9/h2-3,6-7,9H,4-5H2,1H3,(H,13,14,15). The van der Waals surface area contributed by atoms with Gasteiger partial charge < -0.3 is 5.32 Å². The Labute approximate surface area is 98.6 Å². The molecule has 1 N–H and O–H groups in total. The molecule has 0 atom stereocenters. The molecule has 0 amide bonds. The Balaban J connectivity index is 1.94. The fraction of sp³-hybridized carbons (Fsp3) is 0.333. The highest BCUT2D eigenvalue weighted by Crippen LogP contribution is 2.27. The van der Waals surface area contributed by atoms with E-state index in [4.69, 9.17) is 0 Å². The van der Waals surface area contributed by atoms with Crippen LogP contribution in [0.1, 0.15) is 18.4 Å². The molecule has 0 aromatic carbocycles. The Kier molecular flexibility index (Phi) is 2.36. The summed E-state index contributed by atoms with van der Waals surface area (Å²) in [4.78, 5) is 10.1. The number of thiophene rings is 1. The third kappa shape index (κ3) is 1.93. The Hall–Kier alpha value is -1.42. The Morgan fingerprint density at radius 1 is 1.44 bits per heavy atom. The number of hydrogen-bond donors (Lipinski definition) is 1. The smallest absolute Gasteiger partial charge is 0.171 e. The SMILES string of the molecule is Cc1cnc(-c2cccs2)nc1NC1CC1. The van der Waals surface area contributed by atoms with E-state index in [-0.39, 0.29) is 0 Å². The third-order valence-corrected chi connectivity index (χ3v) is 3.50. The van der Waals surface area contributed by atoms with Crippen molar-refractivity contribution in [2.45, 2.75) is 25.8 Å². The molecule has 0 saturated heterocycles. The number of nitrogens with one attached hydrogen (secondary N) is 1. The minimum atomic E-state index is 0.629. The molecule has 1 fully saturated rings. The molecule has 0 aliphatic heterocycles. The van der Waals surface area contributed by atoms with Gasteiger partial charge in [-0.1, -0.05) is 6.07 Å². The maximum atomic E-state index is 4.58. The van der Waals surface area contributed by atoms with Crippen LogP contribution >= 0.6 is 11.3 Å². The molecule has 4 heteroatoms. The van der Waals surface area contributed by atoms with Gasteiger partial charge in [-0.3, -0.25) is 0 Å². The molecule has 3 nitrogen and oxygen atoms in total. The second kappa shape index (κ2) is 3.87. The second-order valence-electron chi connectivity index (χ2n) is 4.12. The molecule has 1 aliphatic rings. The van der Waals surface area contributed by atoms with Gasteiger partial charge in [0.2, 0.25) is 0 Å². The van der Waals surface area contributed by atoms with E-state index < -0.39 is 0 Å². The molecule has 0 radical (unpaired) electrons. The topological polar surface area (TPSA) is 37.8 Å². The fourth-order valence-corrected chi connectivity index (χ4v) is 2.20. The van der Waals surface area contributed by atoms with E-state index in [1.807, 2.05) is 24.6 Å². The predicted octanol–water partition coefficient (Wildman–Crippen LogP) is 3.09. The second-order valence-corrected chi connectivity index (χ2v) is 5.07. The number of aromatic nitrogens is 2. The molecule has 16 heavy (non-hydrogen) atoms. The van der Waals surface area contributed by atoms with Gasteiger partial charge in [0.15, 0.2) is 5.82 Å². The summed E-state index contributed by atoms with van der Waals surface area (Å²) in [5.41, 5.74) is 1.12. The maximum absolute atomic E-state index is 4.58. The van der Waals surface area contributed by atoms with Crippen LogP contribution in [0.4, 0.5) is 5.82 Å². The van der Waals surface area contributed by atoms with Crippen LogP contribution in [0.25, 0.3) is 10.7 Å². The highest BCUT2D eigenvalue weighted by atomic mass is 32.1. The van der Waals surface area contributed by atoms with Crippen LogP contribution in [0.3, 0.4) is 0 Å². The van der Waals surface area contributed by atoms with Gasteiger partial charge in [0, 0.05) is 17.8 Å². The molecule has 1 saturated carbocycles. The minimum Gasteiger partial charge on any atom is -0.367 e. The molecule has 3 rings (SSSR count). The number of anilines is 1. The lowest BCUT2D eigenvalue weighted by atomic mass is 10.3. The van der Waals surface area contributed by atoms with E-state index >= 15 is 0 Å². The average Bonchev–Trinajstić information content (AvgIpc) is 2.94. The van der Waals surface area contributed by atoms with Crippen molar-refractivity contribution < 1.29 is 0 Å². The summed E-state index contributed by atoms with van der Waals surface area (Å²) in [6.45, 7) is 2.04. The zero-order valence-electron chi connectivity index (χ0n) is 9.10. The molecule has 2 aromatic heterocycles. The minimum absolute atomic E-state index is 0.629. The van der Waals surface area contributed by atoms with Gasteiger partial charge in [-0.25, -0.2) is 9.97 Å². The molecule has 0 spiro atoms. The van der Waals surface area contributed by atoms with Crippen molar-refractivity contribution >= 4 is 17.2 Å².